The third-order valence-electron chi connectivity index (χ3n) is 4.63. The van der Waals surface area contributed by atoms with Crippen LogP contribution in [-0.2, 0) is 16.1 Å². The number of carboxylic acid groups (broad SMARTS) is 1. The van der Waals surface area contributed by atoms with Crippen LogP contribution in [0.25, 0.3) is 0 Å². The molecular weight excluding hydrogens is 417 g/mol. The van der Waals surface area contributed by atoms with Gasteiger partial charge in [-0.15, -0.1) is 13.2 Å². The number of benzene rings is 1. The monoisotopic (exact) mass is 440 g/mol. The normalized spacial score (nSPS) is 19.2. The molecule has 1 aromatic heterocycles. The molecule has 2 atom stereocenters. The Labute approximate surface area is 177 Å². The molecule has 1 fully saturated rings. The molecule has 2 aromatic rings. The van der Waals surface area contributed by atoms with Gasteiger partial charge in [0, 0.05) is 25.6 Å². The zero-order valence-electron chi connectivity index (χ0n) is 16.8. The van der Waals surface area contributed by atoms with Crippen LogP contribution in [-0.4, -0.2) is 47.7 Å². The first-order chi connectivity index (χ1) is 14.7. The lowest BCUT2D eigenvalue weighted by atomic mass is 10.1. The van der Waals surface area contributed by atoms with Crippen LogP contribution in [0.5, 0.6) is 11.5 Å². The fourth-order valence-electron chi connectivity index (χ4n) is 3.31. The smallest absolute Gasteiger partial charge is 0.487 e. The molecule has 0 bridgehead atoms. The lowest BCUT2D eigenvalue weighted by molar-refractivity contribution is -0.274. The van der Waals surface area contributed by atoms with Crippen molar-refractivity contribution < 1.29 is 37.3 Å². The van der Waals surface area contributed by atoms with E-state index in [0.29, 0.717) is 30.8 Å². The van der Waals surface area contributed by atoms with Gasteiger partial charge in [-0.1, -0.05) is 12.1 Å². The van der Waals surface area contributed by atoms with Crippen molar-refractivity contribution in [2.45, 2.75) is 44.9 Å². The number of carbonyl (C=O) groups is 1. The SMILES string of the molecule is C[C@H]1CN(c2cncc(OCc3ccc(OC(F)(F)F)cc3)c2)C[C@H](CCC(=O)O)O1. The Morgan fingerprint density at radius 2 is 1.97 bits per heavy atom. The largest absolute Gasteiger partial charge is 0.573 e. The molecule has 7 nitrogen and oxygen atoms in total. The molecule has 0 amide bonds. The Bertz CT molecular complexity index is 876. The third-order valence-corrected chi connectivity index (χ3v) is 4.63. The fraction of sp³-hybridized carbons (Fsp3) is 0.429. The highest BCUT2D eigenvalue weighted by atomic mass is 19.4. The van der Waals surface area contributed by atoms with E-state index in [2.05, 4.69) is 14.6 Å². The van der Waals surface area contributed by atoms with E-state index in [1.165, 1.54) is 24.3 Å². The summed E-state index contributed by atoms with van der Waals surface area (Å²) in [6, 6.07) is 7.27. The van der Waals surface area contributed by atoms with E-state index in [9.17, 15) is 18.0 Å². The maximum absolute atomic E-state index is 12.2. The molecule has 31 heavy (non-hydrogen) atoms. The standard InChI is InChI=1S/C21H23F3N2O5/c1-14-11-26(12-18(30-14)6-7-20(27)28)16-8-19(10-25-9-16)29-13-15-2-4-17(5-3-15)31-21(22,23)24/h2-5,8-10,14,18H,6-7,11-13H2,1H3,(H,27,28)/t14-,18-/m0/s1. The van der Waals surface area contributed by atoms with Crippen molar-refractivity contribution >= 4 is 11.7 Å². The number of nitrogens with zero attached hydrogens (tertiary/aromatic N) is 2. The van der Waals surface area contributed by atoms with E-state index >= 15 is 0 Å². The Morgan fingerprint density at radius 1 is 1.23 bits per heavy atom. The van der Waals surface area contributed by atoms with E-state index in [-0.39, 0.29) is 31.0 Å². The number of pyridine rings is 1. The number of aromatic nitrogens is 1. The zero-order chi connectivity index (χ0) is 22.4. The lowest BCUT2D eigenvalue weighted by Gasteiger charge is -2.38. The summed E-state index contributed by atoms with van der Waals surface area (Å²) in [5, 5.41) is 8.89. The van der Waals surface area contributed by atoms with Gasteiger partial charge in [-0.2, -0.15) is 0 Å². The quantitative estimate of drug-likeness (QED) is 0.664. The van der Waals surface area contributed by atoms with Crippen molar-refractivity contribution in [3.05, 3.63) is 48.3 Å². The summed E-state index contributed by atoms with van der Waals surface area (Å²) in [5.41, 5.74) is 1.50. The van der Waals surface area contributed by atoms with Gasteiger partial charge in [0.25, 0.3) is 0 Å². The van der Waals surface area contributed by atoms with Crippen LogP contribution in [0.2, 0.25) is 0 Å². The van der Waals surface area contributed by atoms with Gasteiger partial charge in [-0.25, -0.2) is 0 Å². The van der Waals surface area contributed by atoms with Crippen LogP contribution in [0.1, 0.15) is 25.3 Å². The predicted molar refractivity (Wildman–Crippen MR) is 105 cm³/mol. The summed E-state index contributed by atoms with van der Waals surface area (Å²) in [6.45, 7) is 3.26. The van der Waals surface area contributed by atoms with Crippen molar-refractivity contribution in [1.29, 1.82) is 0 Å². The number of aliphatic carboxylic acids is 1. The van der Waals surface area contributed by atoms with Crippen molar-refractivity contribution in [3.8, 4) is 11.5 Å². The molecule has 168 valence electrons. The molecule has 0 aliphatic carbocycles. The van der Waals surface area contributed by atoms with Gasteiger partial charge in [0.1, 0.15) is 18.1 Å². The van der Waals surface area contributed by atoms with Gasteiger partial charge < -0.3 is 24.2 Å². The maximum Gasteiger partial charge on any atom is 0.573 e. The molecular formula is C21H23F3N2O5. The number of halogens is 3. The molecule has 0 spiro atoms. The maximum atomic E-state index is 12.2. The Hall–Kier alpha value is -3.01. The minimum Gasteiger partial charge on any atom is -0.487 e. The summed E-state index contributed by atoms with van der Waals surface area (Å²) >= 11 is 0. The first-order valence-electron chi connectivity index (χ1n) is 9.72. The highest BCUT2D eigenvalue weighted by Crippen LogP contribution is 2.26. The molecule has 0 radical (unpaired) electrons. The summed E-state index contributed by atoms with van der Waals surface area (Å²) in [4.78, 5) is 17.1. The Balaban J connectivity index is 1.59. The van der Waals surface area contributed by atoms with Gasteiger partial charge in [0.05, 0.1) is 30.3 Å². The van der Waals surface area contributed by atoms with Crippen molar-refractivity contribution in [1.82, 2.24) is 4.98 Å². The predicted octanol–water partition coefficient (Wildman–Crippen LogP) is 4.02. The van der Waals surface area contributed by atoms with Crippen LogP contribution in [0.4, 0.5) is 18.9 Å². The molecule has 1 aliphatic heterocycles. The van der Waals surface area contributed by atoms with Gasteiger partial charge in [0.15, 0.2) is 0 Å². The number of hydrogen-bond donors (Lipinski definition) is 1. The second-order valence-corrected chi connectivity index (χ2v) is 7.27. The average Bonchev–Trinajstić information content (AvgIpc) is 2.70. The summed E-state index contributed by atoms with van der Waals surface area (Å²) in [6.07, 6.45) is -1.27. The fourth-order valence-corrected chi connectivity index (χ4v) is 3.31. The zero-order valence-corrected chi connectivity index (χ0v) is 16.8. The van der Waals surface area contributed by atoms with E-state index < -0.39 is 12.3 Å². The molecule has 3 rings (SSSR count). The molecule has 10 heteroatoms. The highest BCUT2D eigenvalue weighted by Gasteiger charge is 2.31. The van der Waals surface area contributed by atoms with E-state index in [1.807, 2.05) is 13.0 Å². The third kappa shape index (κ3) is 7.32. The highest BCUT2D eigenvalue weighted by molar-refractivity contribution is 5.66. The number of carboxylic acids is 1. The van der Waals surface area contributed by atoms with Crippen molar-refractivity contribution in [2.75, 3.05) is 18.0 Å². The number of morpholine rings is 1. The minimum atomic E-state index is -4.73. The van der Waals surface area contributed by atoms with Crippen LogP contribution >= 0.6 is 0 Å². The van der Waals surface area contributed by atoms with Crippen LogP contribution in [0.3, 0.4) is 0 Å². The lowest BCUT2D eigenvalue weighted by Crippen LogP contribution is -2.46. The molecule has 2 heterocycles. The number of rotatable bonds is 8. The van der Waals surface area contributed by atoms with Gasteiger partial charge in [-0.05, 0) is 31.0 Å². The van der Waals surface area contributed by atoms with Crippen molar-refractivity contribution in [3.63, 3.8) is 0 Å². The first-order valence-corrected chi connectivity index (χ1v) is 9.72. The summed E-state index contributed by atoms with van der Waals surface area (Å²) in [7, 11) is 0. The van der Waals surface area contributed by atoms with Gasteiger partial charge >= 0.3 is 12.3 Å². The minimum absolute atomic E-state index is 0.0411. The molecule has 1 aliphatic rings. The second kappa shape index (κ2) is 9.86. The molecule has 0 saturated carbocycles. The molecule has 1 N–H and O–H groups in total. The molecule has 1 aromatic carbocycles. The molecule has 0 unspecified atom stereocenters. The van der Waals surface area contributed by atoms with Crippen LogP contribution < -0.4 is 14.4 Å². The van der Waals surface area contributed by atoms with Gasteiger partial charge in [-0.3, -0.25) is 9.78 Å². The summed E-state index contributed by atoms with van der Waals surface area (Å²) in [5.74, 6) is -0.642. The second-order valence-electron chi connectivity index (χ2n) is 7.27. The first kappa shape index (κ1) is 22.7. The van der Waals surface area contributed by atoms with E-state index in [1.54, 1.807) is 12.4 Å². The van der Waals surface area contributed by atoms with Crippen LogP contribution in [0.15, 0.2) is 42.7 Å². The number of alkyl halides is 3. The van der Waals surface area contributed by atoms with Gasteiger partial charge in [0.2, 0.25) is 0 Å². The van der Waals surface area contributed by atoms with E-state index in [0.717, 1.165) is 5.69 Å². The Morgan fingerprint density at radius 3 is 2.65 bits per heavy atom. The average molecular weight is 440 g/mol. The number of anilines is 1. The number of ether oxygens (including phenoxy) is 3. The molecule has 1 saturated heterocycles. The van der Waals surface area contributed by atoms with E-state index in [4.69, 9.17) is 14.6 Å². The summed E-state index contributed by atoms with van der Waals surface area (Å²) < 4.78 is 52.1. The topological polar surface area (TPSA) is 81.1 Å². The van der Waals surface area contributed by atoms with Crippen LogP contribution in [0, 0.1) is 0 Å². The number of hydrogen-bond acceptors (Lipinski definition) is 6. The van der Waals surface area contributed by atoms with Crippen molar-refractivity contribution in [2.24, 2.45) is 0 Å². The Kier molecular flexibility index (Phi) is 7.21.